The molecular weight excluding hydrogens is 264 g/mol. The van der Waals surface area contributed by atoms with Gasteiger partial charge in [0.25, 0.3) is 0 Å². The standard InChI is InChI=1S/C13H20N2O3S/c1-10(2)13(16)8-15(9-13)11-4-6-12(7-5-11)19(17,18)14-3/h4-7,10,14,16H,8-9H2,1-3H3. The van der Waals surface area contributed by atoms with Gasteiger partial charge in [0.1, 0.15) is 5.60 Å². The molecule has 1 saturated heterocycles. The second-order valence-electron chi connectivity index (χ2n) is 5.32. The van der Waals surface area contributed by atoms with Crippen molar-refractivity contribution in [1.29, 1.82) is 0 Å². The lowest BCUT2D eigenvalue weighted by atomic mass is 9.83. The summed E-state index contributed by atoms with van der Waals surface area (Å²) < 4.78 is 25.5. The molecule has 1 heterocycles. The van der Waals surface area contributed by atoms with E-state index < -0.39 is 15.6 Å². The summed E-state index contributed by atoms with van der Waals surface area (Å²) in [5, 5.41) is 10.2. The molecule has 1 aromatic rings. The minimum atomic E-state index is -3.38. The number of sulfonamides is 1. The maximum absolute atomic E-state index is 11.6. The molecule has 0 atom stereocenters. The van der Waals surface area contributed by atoms with Crippen molar-refractivity contribution in [1.82, 2.24) is 4.72 Å². The highest BCUT2D eigenvalue weighted by Crippen LogP contribution is 2.33. The molecule has 1 fully saturated rings. The first-order chi connectivity index (χ1) is 8.78. The Balaban J connectivity index is 2.10. The van der Waals surface area contributed by atoms with Gasteiger partial charge in [0.05, 0.1) is 4.90 Å². The monoisotopic (exact) mass is 284 g/mol. The summed E-state index contributed by atoms with van der Waals surface area (Å²) in [6, 6.07) is 6.69. The molecule has 1 aromatic carbocycles. The molecule has 5 nitrogen and oxygen atoms in total. The Labute approximate surface area is 114 Å². The Hall–Kier alpha value is -1.11. The average molecular weight is 284 g/mol. The Morgan fingerprint density at radius 1 is 1.26 bits per heavy atom. The molecule has 0 unspecified atom stereocenters. The Morgan fingerprint density at radius 2 is 1.79 bits per heavy atom. The van der Waals surface area contributed by atoms with Gasteiger partial charge in [-0.1, -0.05) is 13.8 Å². The third-order valence-corrected chi connectivity index (χ3v) is 5.22. The van der Waals surface area contributed by atoms with Crippen LogP contribution in [0.3, 0.4) is 0 Å². The van der Waals surface area contributed by atoms with Gasteiger partial charge in [-0.3, -0.25) is 0 Å². The van der Waals surface area contributed by atoms with Gasteiger partial charge in [-0.2, -0.15) is 0 Å². The van der Waals surface area contributed by atoms with Crippen LogP contribution in [0.1, 0.15) is 13.8 Å². The van der Waals surface area contributed by atoms with E-state index >= 15 is 0 Å². The number of benzene rings is 1. The van der Waals surface area contributed by atoms with Crippen LogP contribution >= 0.6 is 0 Å². The molecular formula is C13H20N2O3S. The molecule has 2 rings (SSSR count). The van der Waals surface area contributed by atoms with E-state index in [0.717, 1.165) is 5.69 Å². The first kappa shape index (κ1) is 14.3. The first-order valence-corrected chi connectivity index (χ1v) is 7.78. The van der Waals surface area contributed by atoms with Crippen molar-refractivity contribution in [2.24, 2.45) is 5.92 Å². The highest BCUT2D eigenvalue weighted by molar-refractivity contribution is 7.89. The number of β-amino-alcohol motifs (C(OH)–C–C–N with tert-alkyl or cyclic N) is 1. The summed E-state index contributed by atoms with van der Waals surface area (Å²) in [5.74, 6) is 0.215. The molecule has 0 bridgehead atoms. The van der Waals surface area contributed by atoms with E-state index in [1.165, 1.54) is 7.05 Å². The first-order valence-electron chi connectivity index (χ1n) is 6.29. The van der Waals surface area contributed by atoms with Gasteiger partial charge in [0, 0.05) is 18.8 Å². The van der Waals surface area contributed by atoms with E-state index in [2.05, 4.69) is 4.72 Å². The Bertz CT molecular complexity index is 546. The SMILES string of the molecule is CNS(=O)(=O)c1ccc(N2CC(O)(C(C)C)C2)cc1. The molecule has 0 radical (unpaired) electrons. The Morgan fingerprint density at radius 3 is 2.21 bits per heavy atom. The third kappa shape index (κ3) is 2.61. The summed E-state index contributed by atoms with van der Waals surface area (Å²) in [4.78, 5) is 2.29. The lowest BCUT2D eigenvalue weighted by Crippen LogP contribution is -2.64. The van der Waals surface area contributed by atoms with Crippen molar-refractivity contribution in [3.05, 3.63) is 24.3 Å². The van der Waals surface area contributed by atoms with Crippen molar-refractivity contribution in [2.75, 3.05) is 25.0 Å². The largest absolute Gasteiger partial charge is 0.386 e. The zero-order valence-corrected chi connectivity index (χ0v) is 12.2. The second kappa shape index (κ2) is 4.77. The van der Waals surface area contributed by atoms with Crippen LogP contribution in [0.15, 0.2) is 29.2 Å². The number of rotatable bonds is 4. The molecule has 106 valence electrons. The van der Waals surface area contributed by atoms with Gasteiger partial charge in [0.2, 0.25) is 10.0 Å². The van der Waals surface area contributed by atoms with Crippen LogP contribution in [-0.2, 0) is 10.0 Å². The summed E-state index contributed by atoms with van der Waals surface area (Å²) in [6.07, 6.45) is 0. The van der Waals surface area contributed by atoms with Gasteiger partial charge in [-0.05, 0) is 37.2 Å². The third-order valence-electron chi connectivity index (χ3n) is 3.78. The minimum absolute atomic E-state index is 0.215. The highest BCUT2D eigenvalue weighted by atomic mass is 32.2. The van der Waals surface area contributed by atoms with Crippen molar-refractivity contribution in [2.45, 2.75) is 24.3 Å². The van der Waals surface area contributed by atoms with E-state index in [1.54, 1.807) is 24.3 Å². The van der Waals surface area contributed by atoms with Crippen LogP contribution in [0.25, 0.3) is 0 Å². The normalized spacial score (nSPS) is 18.5. The fourth-order valence-electron chi connectivity index (χ4n) is 2.12. The van der Waals surface area contributed by atoms with Crippen molar-refractivity contribution in [3.63, 3.8) is 0 Å². The van der Waals surface area contributed by atoms with Crippen molar-refractivity contribution >= 4 is 15.7 Å². The molecule has 0 aromatic heterocycles. The van der Waals surface area contributed by atoms with Gasteiger partial charge >= 0.3 is 0 Å². The zero-order valence-electron chi connectivity index (χ0n) is 11.4. The fourth-order valence-corrected chi connectivity index (χ4v) is 2.85. The lowest BCUT2D eigenvalue weighted by molar-refractivity contribution is -0.0300. The molecule has 1 aliphatic rings. The number of hydrogen-bond acceptors (Lipinski definition) is 4. The number of nitrogens with one attached hydrogen (secondary N) is 1. The zero-order chi connectivity index (χ0) is 14.3. The van der Waals surface area contributed by atoms with Crippen LogP contribution in [0.2, 0.25) is 0 Å². The predicted molar refractivity (Wildman–Crippen MR) is 74.7 cm³/mol. The van der Waals surface area contributed by atoms with Crippen LogP contribution in [0, 0.1) is 5.92 Å². The maximum Gasteiger partial charge on any atom is 0.240 e. The molecule has 0 spiro atoms. The van der Waals surface area contributed by atoms with Crippen molar-refractivity contribution in [3.8, 4) is 0 Å². The molecule has 19 heavy (non-hydrogen) atoms. The maximum atomic E-state index is 11.6. The summed E-state index contributed by atoms with van der Waals surface area (Å²) in [5.41, 5.74) is 0.302. The van der Waals surface area contributed by atoms with E-state index in [4.69, 9.17) is 0 Å². The van der Waals surface area contributed by atoms with Gasteiger partial charge in [-0.15, -0.1) is 0 Å². The average Bonchev–Trinajstić information content (AvgIpc) is 2.35. The summed E-state index contributed by atoms with van der Waals surface area (Å²) in [6.45, 7) is 5.17. The van der Waals surface area contributed by atoms with Crippen LogP contribution < -0.4 is 9.62 Å². The molecule has 0 saturated carbocycles. The van der Waals surface area contributed by atoms with Crippen LogP contribution in [0.5, 0.6) is 0 Å². The molecule has 1 aliphatic heterocycles. The highest BCUT2D eigenvalue weighted by Gasteiger charge is 2.43. The quantitative estimate of drug-likeness (QED) is 0.858. The van der Waals surface area contributed by atoms with E-state index in [-0.39, 0.29) is 10.8 Å². The van der Waals surface area contributed by atoms with Gasteiger partial charge < -0.3 is 10.0 Å². The van der Waals surface area contributed by atoms with E-state index in [9.17, 15) is 13.5 Å². The van der Waals surface area contributed by atoms with E-state index in [1.807, 2.05) is 18.7 Å². The predicted octanol–water partition coefficient (Wildman–Crippen LogP) is 0.802. The second-order valence-corrected chi connectivity index (χ2v) is 7.20. The fraction of sp³-hybridized carbons (Fsp3) is 0.538. The summed E-state index contributed by atoms with van der Waals surface area (Å²) >= 11 is 0. The number of nitrogens with zero attached hydrogens (tertiary/aromatic N) is 1. The topological polar surface area (TPSA) is 69.6 Å². The molecule has 0 amide bonds. The molecule has 0 aliphatic carbocycles. The smallest absolute Gasteiger partial charge is 0.240 e. The minimum Gasteiger partial charge on any atom is -0.386 e. The number of aliphatic hydroxyl groups is 1. The lowest BCUT2D eigenvalue weighted by Gasteiger charge is -2.50. The molecule has 6 heteroatoms. The van der Waals surface area contributed by atoms with Crippen LogP contribution in [-0.4, -0.2) is 39.3 Å². The summed E-state index contributed by atoms with van der Waals surface area (Å²) in [7, 11) is -1.99. The number of hydrogen-bond donors (Lipinski definition) is 2. The number of anilines is 1. The van der Waals surface area contributed by atoms with E-state index in [0.29, 0.717) is 13.1 Å². The Kier molecular flexibility index (Phi) is 3.59. The molecule has 2 N–H and O–H groups in total. The van der Waals surface area contributed by atoms with Crippen LogP contribution in [0.4, 0.5) is 5.69 Å². The van der Waals surface area contributed by atoms with Gasteiger partial charge in [0.15, 0.2) is 0 Å². The van der Waals surface area contributed by atoms with Crippen molar-refractivity contribution < 1.29 is 13.5 Å². The van der Waals surface area contributed by atoms with Gasteiger partial charge in [-0.25, -0.2) is 13.1 Å².